The Morgan fingerprint density at radius 3 is 2.35 bits per heavy atom. The maximum Gasteiger partial charge on any atom is 0.0405 e. The lowest BCUT2D eigenvalue weighted by molar-refractivity contribution is 1.09. The Balaban J connectivity index is 1.82. The van der Waals surface area contributed by atoms with Crippen molar-refractivity contribution < 1.29 is 0 Å². The van der Waals surface area contributed by atoms with E-state index in [9.17, 15) is 0 Å². The minimum atomic E-state index is 1.20. The SMILES string of the molecule is CC(=CC=C(C)N(C)c1ccccc1)c1cc2ccccc2s1. The van der Waals surface area contributed by atoms with Gasteiger partial charge in [0.2, 0.25) is 0 Å². The highest BCUT2D eigenvalue weighted by Crippen LogP contribution is 2.30. The van der Waals surface area contributed by atoms with Gasteiger partial charge in [0.05, 0.1) is 0 Å². The molecule has 116 valence electrons. The van der Waals surface area contributed by atoms with E-state index < -0.39 is 0 Å². The first-order valence-electron chi connectivity index (χ1n) is 7.78. The van der Waals surface area contributed by atoms with Crippen LogP contribution in [0.4, 0.5) is 5.69 Å². The fourth-order valence-corrected chi connectivity index (χ4v) is 3.51. The number of rotatable bonds is 4. The molecule has 0 fully saturated rings. The molecule has 3 rings (SSSR count). The fourth-order valence-electron chi connectivity index (χ4n) is 2.47. The minimum absolute atomic E-state index is 1.20. The molecule has 0 unspecified atom stereocenters. The highest BCUT2D eigenvalue weighted by atomic mass is 32.1. The average molecular weight is 319 g/mol. The largest absolute Gasteiger partial charge is 0.348 e. The maximum atomic E-state index is 2.27. The Bertz CT molecular complexity index is 823. The second kappa shape index (κ2) is 6.84. The molecule has 0 radical (unpaired) electrons. The van der Waals surface area contributed by atoms with Crippen molar-refractivity contribution in [3.8, 4) is 0 Å². The number of fused-ring (bicyclic) bond motifs is 1. The zero-order chi connectivity index (χ0) is 16.2. The van der Waals surface area contributed by atoms with Gasteiger partial charge in [0.1, 0.15) is 0 Å². The van der Waals surface area contributed by atoms with E-state index in [-0.39, 0.29) is 0 Å². The van der Waals surface area contributed by atoms with E-state index in [0.29, 0.717) is 0 Å². The predicted octanol–water partition coefficient (Wildman–Crippen LogP) is 6.34. The Hall–Kier alpha value is -2.32. The second-order valence-electron chi connectivity index (χ2n) is 5.70. The number of thiophene rings is 1. The van der Waals surface area contributed by atoms with Crippen LogP contribution in [0, 0.1) is 0 Å². The highest BCUT2D eigenvalue weighted by Gasteiger charge is 2.03. The molecule has 0 aliphatic rings. The molecule has 0 aliphatic heterocycles. The summed E-state index contributed by atoms with van der Waals surface area (Å²) >= 11 is 1.85. The lowest BCUT2D eigenvalue weighted by atomic mass is 10.2. The van der Waals surface area contributed by atoms with Crippen molar-refractivity contribution in [1.82, 2.24) is 0 Å². The summed E-state index contributed by atoms with van der Waals surface area (Å²) in [5.41, 5.74) is 3.72. The first kappa shape index (κ1) is 15.6. The summed E-state index contributed by atoms with van der Waals surface area (Å²) in [6.45, 7) is 4.32. The van der Waals surface area contributed by atoms with Gasteiger partial charge in [0.15, 0.2) is 0 Å². The van der Waals surface area contributed by atoms with E-state index in [2.05, 4.69) is 92.5 Å². The van der Waals surface area contributed by atoms with E-state index in [0.717, 1.165) is 0 Å². The average Bonchev–Trinajstić information content (AvgIpc) is 3.03. The third kappa shape index (κ3) is 3.54. The summed E-state index contributed by atoms with van der Waals surface area (Å²) in [7, 11) is 2.10. The molecule has 23 heavy (non-hydrogen) atoms. The van der Waals surface area contributed by atoms with Crippen LogP contribution in [0.5, 0.6) is 0 Å². The van der Waals surface area contributed by atoms with Crippen LogP contribution in [0.1, 0.15) is 18.7 Å². The third-order valence-corrected chi connectivity index (χ3v) is 5.31. The lowest BCUT2D eigenvalue weighted by Crippen LogP contribution is -2.13. The molecule has 0 atom stereocenters. The van der Waals surface area contributed by atoms with Gasteiger partial charge in [0.25, 0.3) is 0 Å². The Labute approximate surface area is 142 Å². The predicted molar refractivity (Wildman–Crippen MR) is 104 cm³/mol. The van der Waals surface area contributed by atoms with Crippen molar-refractivity contribution in [3.05, 3.63) is 83.4 Å². The molecule has 0 saturated heterocycles. The van der Waals surface area contributed by atoms with Crippen LogP contribution in [-0.4, -0.2) is 7.05 Å². The number of para-hydroxylation sites is 1. The van der Waals surface area contributed by atoms with E-state index in [1.807, 2.05) is 17.4 Å². The van der Waals surface area contributed by atoms with Gasteiger partial charge in [-0.3, -0.25) is 0 Å². The molecule has 0 bridgehead atoms. The van der Waals surface area contributed by atoms with Crippen LogP contribution in [0.25, 0.3) is 15.7 Å². The molecule has 3 aromatic rings. The van der Waals surface area contributed by atoms with Gasteiger partial charge in [-0.25, -0.2) is 0 Å². The van der Waals surface area contributed by atoms with Crippen LogP contribution in [0.2, 0.25) is 0 Å². The Morgan fingerprint density at radius 1 is 0.913 bits per heavy atom. The van der Waals surface area contributed by atoms with Gasteiger partial charge < -0.3 is 4.90 Å². The molecule has 1 heterocycles. The molecule has 2 aromatic carbocycles. The quantitative estimate of drug-likeness (QED) is 0.507. The van der Waals surface area contributed by atoms with Crippen molar-refractivity contribution >= 4 is 32.7 Å². The van der Waals surface area contributed by atoms with Crippen LogP contribution in [0.3, 0.4) is 0 Å². The van der Waals surface area contributed by atoms with Crippen molar-refractivity contribution in [3.63, 3.8) is 0 Å². The van der Waals surface area contributed by atoms with Crippen LogP contribution >= 0.6 is 11.3 Å². The molecule has 0 aliphatic carbocycles. The molecule has 1 nitrogen and oxygen atoms in total. The smallest absolute Gasteiger partial charge is 0.0405 e. The van der Waals surface area contributed by atoms with Gasteiger partial charge in [-0.2, -0.15) is 0 Å². The molecular formula is C21H21NS. The van der Waals surface area contributed by atoms with E-state index in [1.54, 1.807) is 0 Å². The van der Waals surface area contributed by atoms with E-state index >= 15 is 0 Å². The van der Waals surface area contributed by atoms with Gasteiger partial charge >= 0.3 is 0 Å². The number of allylic oxidation sites excluding steroid dienone is 4. The first-order valence-corrected chi connectivity index (χ1v) is 8.60. The zero-order valence-corrected chi connectivity index (χ0v) is 14.6. The van der Waals surface area contributed by atoms with Gasteiger partial charge in [-0.15, -0.1) is 11.3 Å². The van der Waals surface area contributed by atoms with Gasteiger partial charge in [0, 0.05) is 28.0 Å². The minimum Gasteiger partial charge on any atom is -0.348 e. The summed E-state index contributed by atoms with van der Waals surface area (Å²) in [4.78, 5) is 3.53. The molecule has 0 N–H and O–H groups in total. The fraction of sp³-hybridized carbons (Fsp3) is 0.143. The van der Waals surface area contributed by atoms with E-state index in [1.165, 1.54) is 31.9 Å². The third-order valence-electron chi connectivity index (χ3n) is 4.06. The maximum absolute atomic E-state index is 2.27. The van der Waals surface area contributed by atoms with Crippen LogP contribution in [-0.2, 0) is 0 Å². The van der Waals surface area contributed by atoms with Crippen molar-refractivity contribution in [2.45, 2.75) is 13.8 Å². The monoisotopic (exact) mass is 319 g/mol. The lowest BCUT2D eigenvalue weighted by Gasteiger charge is -2.19. The molecule has 1 aromatic heterocycles. The standard InChI is InChI=1S/C21H21NS/c1-16(21-15-18-9-7-8-12-20(18)23-21)13-14-17(2)22(3)19-10-5-4-6-11-19/h4-15H,1-3H3. The summed E-state index contributed by atoms with van der Waals surface area (Å²) in [6.07, 6.45) is 4.40. The molecular weight excluding hydrogens is 298 g/mol. The van der Waals surface area contributed by atoms with Crippen LogP contribution in [0.15, 0.2) is 78.5 Å². The Morgan fingerprint density at radius 2 is 1.61 bits per heavy atom. The number of anilines is 1. The number of hydrogen-bond donors (Lipinski definition) is 0. The first-order chi connectivity index (χ1) is 11.1. The molecule has 2 heteroatoms. The molecule has 0 amide bonds. The van der Waals surface area contributed by atoms with Crippen LogP contribution < -0.4 is 4.90 Å². The number of nitrogens with zero attached hydrogens (tertiary/aromatic N) is 1. The number of benzene rings is 2. The summed E-state index contributed by atoms with van der Waals surface area (Å²) < 4.78 is 1.34. The molecule has 0 saturated carbocycles. The van der Waals surface area contributed by atoms with Gasteiger partial charge in [-0.05, 0) is 55.1 Å². The summed E-state index contributed by atoms with van der Waals surface area (Å²) in [5.74, 6) is 0. The van der Waals surface area contributed by atoms with Crippen molar-refractivity contribution in [1.29, 1.82) is 0 Å². The van der Waals surface area contributed by atoms with E-state index in [4.69, 9.17) is 0 Å². The second-order valence-corrected chi connectivity index (χ2v) is 6.78. The van der Waals surface area contributed by atoms with Gasteiger partial charge in [-0.1, -0.05) is 42.5 Å². The van der Waals surface area contributed by atoms with Crippen molar-refractivity contribution in [2.75, 3.05) is 11.9 Å². The number of hydrogen-bond acceptors (Lipinski definition) is 2. The summed E-state index contributed by atoms with van der Waals surface area (Å²) in [6, 6.07) is 21.2. The van der Waals surface area contributed by atoms with Crippen molar-refractivity contribution in [2.24, 2.45) is 0 Å². The highest BCUT2D eigenvalue weighted by molar-refractivity contribution is 7.20. The normalized spacial score (nSPS) is 12.7. The topological polar surface area (TPSA) is 3.24 Å². The summed E-state index contributed by atoms with van der Waals surface area (Å²) in [5, 5.41) is 1.32. The zero-order valence-electron chi connectivity index (χ0n) is 13.8. The molecule has 0 spiro atoms. The Kier molecular flexibility index (Phi) is 4.63.